The smallest absolute Gasteiger partial charge is 0.341 e. The highest BCUT2D eigenvalue weighted by Crippen LogP contribution is 2.25. The Bertz CT molecular complexity index is 663. The van der Waals surface area contributed by atoms with Gasteiger partial charge < -0.3 is 15.0 Å². The zero-order valence-electron chi connectivity index (χ0n) is 16.5. The Morgan fingerprint density at radius 3 is 2.44 bits per heavy atom. The van der Waals surface area contributed by atoms with E-state index in [4.69, 9.17) is 4.74 Å². The summed E-state index contributed by atoms with van der Waals surface area (Å²) in [7, 11) is 1.38. The fraction of sp³-hybridized carbons (Fsp3) is 0.667. The SMILES string of the molecule is COC(=O)c1cc(CC(C)=O)cnc1N1CCC(NC2CCCCC2)CC1. The zero-order chi connectivity index (χ0) is 19.2. The maximum absolute atomic E-state index is 12.3. The summed E-state index contributed by atoms with van der Waals surface area (Å²) in [6.45, 7) is 3.27. The summed E-state index contributed by atoms with van der Waals surface area (Å²) in [5.41, 5.74) is 1.20. The van der Waals surface area contributed by atoms with Crippen molar-refractivity contribution in [2.45, 2.75) is 70.4 Å². The lowest BCUT2D eigenvalue weighted by Crippen LogP contribution is -2.47. The Balaban J connectivity index is 1.65. The molecule has 0 bridgehead atoms. The Morgan fingerprint density at radius 1 is 1.15 bits per heavy atom. The molecule has 0 amide bonds. The van der Waals surface area contributed by atoms with E-state index in [0.717, 1.165) is 31.5 Å². The number of ketones is 1. The molecular weight excluding hydrogens is 342 g/mol. The molecule has 3 rings (SSSR count). The summed E-state index contributed by atoms with van der Waals surface area (Å²) in [6.07, 6.45) is 10.7. The first-order valence-corrected chi connectivity index (χ1v) is 10.1. The minimum absolute atomic E-state index is 0.0509. The Morgan fingerprint density at radius 2 is 1.81 bits per heavy atom. The fourth-order valence-electron chi connectivity index (χ4n) is 4.26. The number of aromatic nitrogens is 1. The van der Waals surface area contributed by atoms with Gasteiger partial charge in [0, 0.05) is 37.8 Å². The number of ether oxygens (including phenoxy) is 1. The van der Waals surface area contributed by atoms with Crippen molar-refractivity contribution in [2.24, 2.45) is 0 Å². The zero-order valence-corrected chi connectivity index (χ0v) is 16.5. The minimum atomic E-state index is -0.398. The van der Waals surface area contributed by atoms with Gasteiger partial charge in [0.25, 0.3) is 0 Å². The van der Waals surface area contributed by atoms with Crippen LogP contribution in [0.5, 0.6) is 0 Å². The molecule has 6 heteroatoms. The Kier molecular flexibility index (Phi) is 6.83. The predicted molar refractivity (Wildman–Crippen MR) is 105 cm³/mol. The van der Waals surface area contributed by atoms with Gasteiger partial charge in [-0.2, -0.15) is 0 Å². The van der Waals surface area contributed by atoms with Crippen LogP contribution in [0.3, 0.4) is 0 Å². The second-order valence-electron chi connectivity index (χ2n) is 7.85. The van der Waals surface area contributed by atoms with Crippen molar-refractivity contribution in [2.75, 3.05) is 25.1 Å². The molecular formula is C21H31N3O3. The number of anilines is 1. The van der Waals surface area contributed by atoms with Crippen molar-refractivity contribution in [3.05, 3.63) is 23.4 Å². The lowest BCUT2D eigenvalue weighted by Gasteiger charge is -2.36. The van der Waals surface area contributed by atoms with Gasteiger partial charge in [0.2, 0.25) is 0 Å². The lowest BCUT2D eigenvalue weighted by atomic mass is 9.93. The van der Waals surface area contributed by atoms with E-state index in [2.05, 4.69) is 15.2 Å². The average molecular weight is 373 g/mol. The number of piperidine rings is 1. The second-order valence-corrected chi connectivity index (χ2v) is 7.85. The number of carbonyl (C=O) groups excluding carboxylic acids is 2. The molecule has 1 aliphatic carbocycles. The summed E-state index contributed by atoms with van der Waals surface area (Å²) < 4.78 is 4.95. The molecule has 0 unspecified atom stereocenters. The first-order valence-electron chi connectivity index (χ1n) is 10.1. The number of hydrogen-bond acceptors (Lipinski definition) is 6. The predicted octanol–water partition coefficient (Wildman–Crippen LogP) is 2.89. The molecule has 1 aliphatic heterocycles. The molecule has 0 aromatic carbocycles. The van der Waals surface area contributed by atoms with Crippen LogP contribution in [0, 0.1) is 0 Å². The number of rotatable bonds is 6. The Hall–Kier alpha value is -1.95. The van der Waals surface area contributed by atoms with Gasteiger partial charge in [0.15, 0.2) is 0 Å². The lowest BCUT2D eigenvalue weighted by molar-refractivity contribution is -0.116. The molecule has 0 radical (unpaired) electrons. The third-order valence-corrected chi connectivity index (χ3v) is 5.65. The number of nitrogens with one attached hydrogen (secondary N) is 1. The van der Waals surface area contributed by atoms with E-state index < -0.39 is 5.97 Å². The second kappa shape index (κ2) is 9.31. The van der Waals surface area contributed by atoms with Crippen LogP contribution in [0.25, 0.3) is 0 Å². The quantitative estimate of drug-likeness (QED) is 0.773. The van der Waals surface area contributed by atoms with E-state index in [1.54, 1.807) is 12.3 Å². The van der Waals surface area contributed by atoms with Crippen LogP contribution < -0.4 is 10.2 Å². The molecule has 1 aromatic rings. The topological polar surface area (TPSA) is 71.5 Å². The average Bonchev–Trinajstić information content (AvgIpc) is 2.68. The van der Waals surface area contributed by atoms with Crippen LogP contribution in [-0.4, -0.2) is 49.0 Å². The summed E-state index contributed by atoms with van der Waals surface area (Å²) in [4.78, 5) is 30.3. The van der Waals surface area contributed by atoms with Crippen molar-refractivity contribution in [1.29, 1.82) is 0 Å². The summed E-state index contributed by atoms with van der Waals surface area (Å²) >= 11 is 0. The molecule has 1 N–H and O–H groups in total. The number of Topliss-reactive ketones (excluding diaryl/α,β-unsaturated/α-hetero) is 1. The number of pyridine rings is 1. The number of carbonyl (C=O) groups is 2. The van der Waals surface area contributed by atoms with Gasteiger partial charge in [-0.1, -0.05) is 19.3 Å². The highest BCUT2D eigenvalue weighted by molar-refractivity contribution is 5.95. The van der Waals surface area contributed by atoms with E-state index in [1.807, 2.05) is 0 Å². The van der Waals surface area contributed by atoms with E-state index in [-0.39, 0.29) is 12.2 Å². The van der Waals surface area contributed by atoms with E-state index in [9.17, 15) is 9.59 Å². The fourth-order valence-corrected chi connectivity index (χ4v) is 4.26. The minimum Gasteiger partial charge on any atom is -0.465 e. The summed E-state index contributed by atoms with van der Waals surface area (Å²) in [5.74, 6) is 0.325. The van der Waals surface area contributed by atoms with Crippen LogP contribution in [0.15, 0.2) is 12.3 Å². The highest BCUT2D eigenvalue weighted by atomic mass is 16.5. The van der Waals surface area contributed by atoms with Gasteiger partial charge >= 0.3 is 5.97 Å². The standard InChI is InChI=1S/C21H31N3O3/c1-15(25)12-16-13-19(21(26)27-2)20(22-14-16)24-10-8-18(9-11-24)23-17-6-4-3-5-7-17/h13-14,17-18,23H,3-12H2,1-2H3. The summed E-state index contributed by atoms with van der Waals surface area (Å²) in [6, 6.07) is 2.97. The maximum atomic E-state index is 12.3. The first kappa shape index (κ1) is 19.8. The summed E-state index contributed by atoms with van der Waals surface area (Å²) in [5, 5.41) is 3.83. The van der Waals surface area contributed by atoms with E-state index in [1.165, 1.54) is 46.1 Å². The van der Waals surface area contributed by atoms with Crippen molar-refractivity contribution in [3.8, 4) is 0 Å². The molecule has 0 atom stereocenters. The largest absolute Gasteiger partial charge is 0.465 e. The molecule has 1 saturated carbocycles. The molecule has 2 aliphatic rings. The van der Waals surface area contributed by atoms with Crippen molar-refractivity contribution >= 4 is 17.6 Å². The van der Waals surface area contributed by atoms with Gasteiger partial charge in [-0.25, -0.2) is 9.78 Å². The monoisotopic (exact) mass is 373 g/mol. The van der Waals surface area contributed by atoms with Gasteiger partial charge in [0.1, 0.15) is 17.2 Å². The van der Waals surface area contributed by atoms with Crippen molar-refractivity contribution in [1.82, 2.24) is 10.3 Å². The molecule has 148 valence electrons. The molecule has 0 spiro atoms. The van der Waals surface area contributed by atoms with Gasteiger partial charge in [-0.3, -0.25) is 4.79 Å². The third kappa shape index (κ3) is 5.28. The van der Waals surface area contributed by atoms with Gasteiger partial charge in [-0.15, -0.1) is 0 Å². The van der Waals surface area contributed by atoms with Crippen LogP contribution >= 0.6 is 0 Å². The number of hydrogen-bond donors (Lipinski definition) is 1. The first-order chi connectivity index (χ1) is 13.1. The van der Waals surface area contributed by atoms with Crippen LogP contribution in [0.1, 0.15) is 67.8 Å². The van der Waals surface area contributed by atoms with Gasteiger partial charge in [0.05, 0.1) is 7.11 Å². The van der Waals surface area contributed by atoms with Crippen molar-refractivity contribution in [3.63, 3.8) is 0 Å². The van der Waals surface area contributed by atoms with Crippen LogP contribution in [0.4, 0.5) is 5.82 Å². The highest BCUT2D eigenvalue weighted by Gasteiger charge is 2.26. The molecule has 6 nitrogen and oxygen atoms in total. The normalized spacial score (nSPS) is 19.1. The molecule has 27 heavy (non-hydrogen) atoms. The van der Waals surface area contributed by atoms with Crippen LogP contribution in [0.2, 0.25) is 0 Å². The number of nitrogens with zero attached hydrogens (tertiary/aromatic N) is 2. The Labute approximate surface area is 161 Å². The third-order valence-electron chi connectivity index (χ3n) is 5.65. The van der Waals surface area contributed by atoms with E-state index in [0.29, 0.717) is 23.5 Å². The number of methoxy groups -OCH3 is 1. The van der Waals surface area contributed by atoms with Gasteiger partial charge in [-0.05, 0) is 44.2 Å². The molecule has 1 aromatic heterocycles. The van der Waals surface area contributed by atoms with Crippen molar-refractivity contribution < 1.29 is 14.3 Å². The molecule has 2 heterocycles. The number of esters is 1. The van der Waals surface area contributed by atoms with Crippen LogP contribution in [-0.2, 0) is 16.0 Å². The molecule has 1 saturated heterocycles. The van der Waals surface area contributed by atoms with E-state index >= 15 is 0 Å². The molecule has 2 fully saturated rings. The maximum Gasteiger partial charge on any atom is 0.341 e.